The van der Waals surface area contributed by atoms with Gasteiger partial charge in [-0.25, -0.2) is 4.79 Å². The molecule has 29 heavy (non-hydrogen) atoms. The Bertz CT molecular complexity index is 558. The topological polar surface area (TPSA) is 101 Å². The van der Waals surface area contributed by atoms with Crippen molar-refractivity contribution in [3.05, 3.63) is 24.3 Å². The van der Waals surface area contributed by atoms with Gasteiger partial charge < -0.3 is 14.9 Å². The second-order valence-electron chi connectivity index (χ2n) is 7.41. The molecular formula is C22H36KO6. The standard InChI is InChI=1S/C22H36O6.K/c1-5-6-7-8-9-10-11-12-13-14-15-22(21(26)27,16-19(23)24)18(4)28-20(25)17(2)3;/h14-15,18H,2,5-13,16H2,1,3-4H3,(H,23,24)(H,26,27);. The molecule has 0 saturated carbocycles. The molecule has 0 saturated heterocycles. The molecule has 0 aromatic rings. The van der Waals surface area contributed by atoms with Crippen LogP contribution in [0.5, 0.6) is 0 Å². The number of carboxylic acids is 2. The molecule has 6 nitrogen and oxygen atoms in total. The van der Waals surface area contributed by atoms with Crippen LogP contribution in [0, 0.1) is 5.41 Å². The third-order valence-electron chi connectivity index (χ3n) is 4.84. The van der Waals surface area contributed by atoms with E-state index in [4.69, 9.17) is 4.74 Å². The van der Waals surface area contributed by atoms with Gasteiger partial charge in [0, 0.05) is 57.0 Å². The summed E-state index contributed by atoms with van der Waals surface area (Å²) in [4.78, 5) is 34.9. The molecule has 0 bridgehead atoms. The van der Waals surface area contributed by atoms with E-state index in [0.29, 0.717) is 6.42 Å². The summed E-state index contributed by atoms with van der Waals surface area (Å²) < 4.78 is 5.15. The Morgan fingerprint density at radius 1 is 1.03 bits per heavy atom. The second kappa shape index (κ2) is 17.2. The van der Waals surface area contributed by atoms with Crippen LogP contribution in [0.2, 0.25) is 0 Å². The van der Waals surface area contributed by atoms with Crippen molar-refractivity contribution in [1.29, 1.82) is 0 Å². The number of hydrogen-bond acceptors (Lipinski definition) is 4. The summed E-state index contributed by atoms with van der Waals surface area (Å²) in [7, 11) is 0. The number of allylic oxidation sites excluding steroid dienone is 1. The van der Waals surface area contributed by atoms with E-state index in [1.54, 1.807) is 6.08 Å². The van der Waals surface area contributed by atoms with Gasteiger partial charge in [-0.05, 0) is 26.7 Å². The molecule has 0 amide bonds. The van der Waals surface area contributed by atoms with Crippen LogP contribution >= 0.6 is 0 Å². The summed E-state index contributed by atoms with van der Waals surface area (Å²) >= 11 is 0. The molecule has 0 aliphatic carbocycles. The van der Waals surface area contributed by atoms with Crippen LogP contribution in [0.15, 0.2) is 24.3 Å². The van der Waals surface area contributed by atoms with E-state index in [-0.39, 0.29) is 57.0 Å². The van der Waals surface area contributed by atoms with Crippen LogP contribution in [-0.2, 0) is 19.1 Å². The number of carbonyl (C=O) groups excluding carboxylic acids is 1. The van der Waals surface area contributed by atoms with Crippen LogP contribution in [0.1, 0.15) is 85.0 Å². The van der Waals surface area contributed by atoms with Crippen molar-refractivity contribution in [3.63, 3.8) is 0 Å². The van der Waals surface area contributed by atoms with Crippen LogP contribution < -0.4 is 0 Å². The van der Waals surface area contributed by atoms with E-state index in [1.165, 1.54) is 52.0 Å². The molecule has 0 heterocycles. The first-order valence-electron chi connectivity index (χ1n) is 10.2. The maximum atomic E-state index is 11.9. The normalized spacial score (nSPS) is 13.9. The van der Waals surface area contributed by atoms with Gasteiger partial charge >= 0.3 is 17.9 Å². The van der Waals surface area contributed by atoms with E-state index >= 15 is 0 Å². The van der Waals surface area contributed by atoms with Crippen LogP contribution in [0.25, 0.3) is 0 Å². The van der Waals surface area contributed by atoms with Gasteiger partial charge in [0.25, 0.3) is 0 Å². The number of esters is 1. The van der Waals surface area contributed by atoms with Gasteiger partial charge in [0.1, 0.15) is 11.5 Å². The van der Waals surface area contributed by atoms with Gasteiger partial charge in [0.15, 0.2) is 0 Å². The van der Waals surface area contributed by atoms with Gasteiger partial charge in [0.2, 0.25) is 0 Å². The minimum atomic E-state index is -1.81. The quantitative estimate of drug-likeness (QED) is 0.119. The number of rotatable bonds is 16. The molecule has 0 aromatic carbocycles. The summed E-state index contributed by atoms with van der Waals surface area (Å²) in [5, 5.41) is 18.9. The molecule has 7 heteroatoms. The molecule has 161 valence electrons. The van der Waals surface area contributed by atoms with Crippen molar-refractivity contribution in [2.24, 2.45) is 5.41 Å². The van der Waals surface area contributed by atoms with Gasteiger partial charge in [-0.2, -0.15) is 0 Å². The zero-order valence-electron chi connectivity index (χ0n) is 18.5. The third kappa shape index (κ3) is 12.7. The number of ether oxygens (including phenoxy) is 1. The molecule has 1 radical (unpaired) electrons. The summed E-state index contributed by atoms with van der Waals surface area (Å²) in [6.07, 6.45) is 11.3. The maximum absolute atomic E-state index is 11.9. The largest absolute Gasteiger partial charge is 0.481 e. The number of carbonyl (C=O) groups is 3. The SMILES string of the molecule is C=C(C)C(=O)OC(C)C(C=CCCCCCCCCCC)(CC(=O)O)C(=O)O.[K]. The van der Waals surface area contributed by atoms with E-state index in [9.17, 15) is 24.6 Å². The third-order valence-corrected chi connectivity index (χ3v) is 4.84. The van der Waals surface area contributed by atoms with Crippen molar-refractivity contribution in [2.45, 2.75) is 91.1 Å². The summed E-state index contributed by atoms with van der Waals surface area (Å²) in [5.74, 6) is -3.33. The fraction of sp³-hybridized carbons (Fsp3) is 0.682. The molecule has 2 unspecified atom stereocenters. The fourth-order valence-corrected chi connectivity index (χ4v) is 2.97. The zero-order valence-corrected chi connectivity index (χ0v) is 21.7. The second-order valence-corrected chi connectivity index (χ2v) is 7.41. The predicted molar refractivity (Wildman–Crippen MR) is 115 cm³/mol. The van der Waals surface area contributed by atoms with Crippen LogP contribution in [0.3, 0.4) is 0 Å². The Labute approximate surface area is 217 Å². The molecule has 0 aliphatic heterocycles. The molecule has 0 aromatic heterocycles. The fourth-order valence-electron chi connectivity index (χ4n) is 2.97. The van der Waals surface area contributed by atoms with E-state index < -0.39 is 35.8 Å². The number of carboxylic acid groups (broad SMARTS) is 2. The molecule has 0 spiro atoms. The van der Waals surface area contributed by atoms with Gasteiger partial charge in [-0.15, -0.1) is 0 Å². The average Bonchev–Trinajstić information content (AvgIpc) is 2.61. The summed E-state index contributed by atoms with van der Waals surface area (Å²) in [5.41, 5.74) is -1.68. The Kier molecular flexibility index (Phi) is 18.3. The maximum Gasteiger partial charge on any atom is 0.333 e. The summed E-state index contributed by atoms with van der Waals surface area (Å²) in [6.45, 7) is 8.51. The van der Waals surface area contributed by atoms with Crippen molar-refractivity contribution in [3.8, 4) is 0 Å². The Balaban J connectivity index is 0. The number of aliphatic carboxylic acids is 2. The monoisotopic (exact) mass is 435 g/mol. The smallest absolute Gasteiger partial charge is 0.333 e. The minimum Gasteiger partial charge on any atom is -0.481 e. The molecule has 0 fully saturated rings. The Morgan fingerprint density at radius 2 is 1.55 bits per heavy atom. The van der Waals surface area contributed by atoms with Crippen molar-refractivity contribution in [2.75, 3.05) is 0 Å². The van der Waals surface area contributed by atoms with E-state index in [1.807, 2.05) is 0 Å². The predicted octanol–water partition coefficient (Wildman–Crippen LogP) is 4.75. The van der Waals surface area contributed by atoms with Crippen molar-refractivity contribution >= 4 is 69.3 Å². The van der Waals surface area contributed by atoms with Gasteiger partial charge in [0.05, 0.1) is 6.42 Å². The minimum absolute atomic E-state index is 0. The van der Waals surface area contributed by atoms with Crippen LogP contribution in [0.4, 0.5) is 0 Å². The number of unbranched alkanes of at least 4 members (excludes halogenated alkanes) is 8. The zero-order chi connectivity index (χ0) is 21.6. The number of hydrogen-bond donors (Lipinski definition) is 2. The van der Waals surface area contributed by atoms with Gasteiger partial charge in [-0.3, -0.25) is 9.59 Å². The van der Waals surface area contributed by atoms with Crippen molar-refractivity contribution in [1.82, 2.24) is 0 Å². The first kappa shape index (κ1) is 30.7. The van der Waals surface area contributed by atoms with E-state index in [0.717, 1.165) is 19.3 Å². The average molecular weight is 436 g/mol. The molecule has 0 rings (SSSR count). The molecule has 2 N–H and O–H groups in total. The molecule has 2 atom stereocenters. The van der Waals surface area contributed by atoms with Gasteiger partial charge in [-0.1, -0.05) is 70.6 Å². The van der Waals surface area contributed by atoms with Crippen molar-refractivity contribution < 1.29 is 29.3 Å². The first-order valence-corrected chi connectivity index (χ1v) is 10.2. The summed E-state index contributed by atoms with van der Waals surface area (Å²) in [6, 6.07) is 0. The molecule has 0 aliphatic rings. The Morgan fingerprint density at radius 3 is 2.00 bits per heavy atom. The van der Waals surface area contributed by atoms with E-state index in [2.05, 4.69) is 13.5 Å². The van der Waals surface area contributed by atoms with Crippen LogP contribution in [-0.4, -0.2) is 85.6 Å². The Hall–Kier alpha value is -0.474. The first-order chi connectivity index (χ1) is 13.2. The molecular weight excluding hydrogens is 399 g/mol.